The number of halogens is 1. The van der Waals surface area contributed by atoms with Gasteiger partial charge in [-0.15, -0.1) is 0 Å². The van der Waals surface area contributed by atoms with Crippen molar-refractivity contribution in [3.8, 4) is 11.3 Å². The van der Waals surface area contributed by atoms with E-state index < -0.39 is 0 Å². The smallest absolute Gasteiger partial charge is 0.151 e. The molecule has 2 heterocycles. The molecule has 0 aliphatic carbocycles. The fourth-order valence-corrected chi connectivity index (χ4v) is 2.63. The lowest BCUT2D eigenvalue weighted by molar-refractivity contribution is -0.0184. The summed E-state index contributed by atoms with van der Waals surface area (Å²) in [5.41, 5.74) is 1.82. The molecule has 1 atom stereocenters. The molecule has 0 bridgehead atoms. The highest BCUT2D eigenvalue weighted by Crippen LogP contribution is 2.21. The first-order chi connectivity index (χ1) is 10.7. The van der Waals surface area contributed by atoms with Crippen LogP contribution >= 0.6 is 11.6 Å². The van der Waals surface area contributed by atoms with Gasteiger partial charge >= 0.3 is 0 Å². The van der Waals surface area contributed by atoms with Crippen molar-refractivity contribution >= 4 is 11.6 Å². The maximum atomic E-state index is 5.89. The molecule has 1 N–H and O–H groups in total. The third kappa shape index (κ3) is 4.08. The first kappa shape index (κ1) is 15.5. The van der Waals surface area contributed by atoms with Crippen LogP contribution in [0.4, 0.5) is 0 Å². The van der Waals surface area contributed by atoms with E-state index in [1.165, 1.54) is 0 Å². The number of hydrogen-bond acceptors (Lipinski definition) is 5. The van der Waals surface area contributed by atoms with E-state index >= 15 is 0 Å². The summed E-state index contributed by atoms with van der Waals surface area (Å²) in [6.45, 7) is 4.21. The predicted octanol–water partition coefficient (Wildman–Crippen LogP) is 2.42. The van der Waals surface area contributed by atoms with Gasteiger partial charge < -0.3 is 19.5 Å². The molecule has 1 aromatic heterocycles. The number of benzene rings is 1. The van der Waals surface area contributed by atoms with Crippen LogP contribution in [-0.4, -0.2) is 49.4 Å². The van der Waals surface area contributed by atoms with Crippen molar-refractivity contribution in [2.24, 2.45) is 0 Å². The lowest BCUT2D eigenvalue weighted by Gasteiger charge is -2.30. The minimum absolute atomic E-state index is 0.234. The summed E-state index contributed by atoms with van der Waals surface area (Å²) >= 11 is 5.89. The van der Waals surface area contributed by atoms with E-state index in [9.17, 15) is 0 Å². The van der Waals surface area contributed by atoms with Gasteiger partial charge in [-0.2, -0.15) is 0 Å². The van der Waals surface area contributed by atoms with Crippen molar-refractivity contribution in [2.45, 2.75) is 12.6 Å². The quantitative estimate of drug-likeness (QED) is 0.916. The van der Waals surface area contributed by atoms with Gasteiger partial charge in [0.1, 0.15) is 5.69 Å². The Hall–Kier alpha value is -1.40. The fraction of sp³-hybridized carbons (Fsp3) is 0.438. The largest absolute Gasteiger partial charge is 0.374 e. The van der Waals surface area contributed by atoms with Gasteiger partial charge in [0, 0.05) is 36.3 Å². The van der Waals surface area contributed by atoms with Crippen molar-refractivity contribution in [1.82, 2.24) is 15.4 Å². The molecular weight excluding hydrogens is 302 g/mol. The van der Waals surface area contributed by atoms with E-state index in [0.717, 1.165) is 43.3 Å². The summed E-state index contributed by atoms with van der Waals surface area (Å²) in [4.78, 5) is 2.28. The van der Waals surface area contributed by atoms with E-state index in [1.807, 2.05) is 30.3 Å². The molecule has 0 radical (unpaired) electrons. The van der Waals surface area contributed by atoms with E-state index in [0.29, 0.717) is 11.6 Å². The maximum absolute atomic E-state index is 5.89. The van der Waals surface area contributed by atoms with Gasteiger partial charge in [0.25, 0.3) is 0 Å². The minimum atomic E-state index is 0.234. The van der Waals surface area contributed by atoms with Crippen molar-refractivity contribution in [1.29, 1.82) is 0 Å². The highest BCUT2D eigenvalue weighted by molar-refractivity contribution is 6.30. The molecule has 1 saturated heterocycles. The van der Waals surface area contributed by atoms with Crippen molar-refractivity contribution in [3.05, 3.63) is 41.1 Å². The SMILES string of the molecule is CN1CCO[C@H](CNCc2cc(-c3ccc(Cl)cc3)no2)C1. The summed E-state index contributed by atoms with van der Waals surface area (Å²) in [7, 11) is 2.12. The van der Waals surface area contributed by atoms with E-state index in [-0.39, 0.29) is 6.10 Å². The Morgan fingerprint density at radius 1 is 1.36 bits per heavy atom. The molecule has 5 nitrogen and oxygen atoms in total. The lowest BCUT2D eigenvalue weighted by atomic mass is 10.1. The highest BCUT2D eigenvalue weighted by atomic mass is 35.5. The number of ether oxygens (including phenoxy) is 1. The normalized spacial score (nSPS) is 19.5. The Bertz CT molecular complexity index is 600. The Morgan fingerprint density at radius 2 is 2.18 bits per heavy atom. The molecule has 22 heavy (non-hydrogen) atoms. The van der Waals surface area contributed by atoms with Crippen molar-refractivity contribution in [3.63, 3.8) is 0 Å². The molecule has 0 saturated carbocycles. The van der Waals surface area contributed by atoms with E-state index in [1.54, 1.807) is 0 Å². The van der Waals surface area contributed by atoms with Crippen LogP contribution in [0.1, 0.15) is 5.76 Å². The zero-order valence-electron chi connectivity index (χ0n) is 12.6. The lowest BCUT2D eigenvalue weighted by Crippen LogP contribution is -2.44. The second kappa shape index (κ2) is 7.24. The zero-order valence-corrected chi connectivity index (χ0v) is 13.3. The van der Waals surface area contributed by atoms with E-state index in [4.69, 9.17) is 20.9 Å². The van der Waals surface area contributed by atoms with Gasteiger partial charge in [0.15, 0.2) is 5.76 Å². The molecule has 3 rings (SSSR count). The molecule has 1 aliphatic heterocycles. The number of aromatic nitrogens is 1. The van der Waals surface area contributed by atoms with Crippen LogP contribution in [0.5, 0.6) is 0 Å². The van der Waals surface area contributed by atoms with Crippen molar-refractivity contribution < 1.29 is 9.26 Å². The van der Waals surface area contributed by atoms with Crippen molar-refractivity contribution in [2.75, 3.05) is 33.3 Å². The van der Waals surface area contributed by atoms with Gasteiger partial charge in [0.2, 0.25) is 0 Å². The number of hydrogen-bond donors (Lipinski definition) is 1. The third-order valence-corrected chi connectivity index (χ3v) is 3.96. The summed E-state index contributed by atoms with van der Waals surface area (Å²) < 4.78 is 11.1. The van der Waals surface area contributed by atoms with Crippen LogP contribution in [0.25, 0.3) is 11.3 Å². The zero-order chi connectivity index (χ0) is 15.4. The molecule has 1 aromatic carbocycles. The van der Waals surface area contributed by atoms with Gasteiger partial charge in [0.05, 0.1) is 19.3 Å². The van der Waals surface area contributed by atoms with Gasteiger partial charge in [-0.05, 0) is 19.2 Å². The van der Waals surface area contributed by atoms with Crippen LogP contribution in [0.3, 0.4) is 0 Å². The molecular formula is C16H20ClN3O2. The second-order valence-corrected chi connectivity index (χ2v) is 6.01. The summed E-state index contributed by atoms with van der Waals surface area (Å²) in [5, 5.41) is 8.17. The number of likely N-dealkylation sites (N-methyl/N-ethyl adjacent to an activating group) is 1. The fourth-order valence-electron chi connectivity index (χ4n) is 2.50. The molecule has 118 valence electrons. The summed E-state index contributed by atoms with van der Waals surface area (Å²) in [6, 6.07) is 9.51. The summed E-state index contributed by atoms with van der Waals surface area (Å²) in [6.07, 6.45) is 0.234. The average Bonchev–Trinajstić information content (AvgIpc) is 2.97. The number of nitrogens with zero attached hydrogens (tertiary/aromatic N) is 2. The first-order valence-corrected chi connectivity index (χ1v) is 7.81. The first-order valence-electron chi connectivity index (χ1n) is 7.43. The molecule has 6 heteroatoms. The van der Waals surface area contributed by atoms with E-state index in [2.05, 4.69) is 22.4 Å². The maximum Gasteiger partial charge on any atom is 0.151 e. The van der Waals surface area contributed by atoms with Crippen LogP contribution in [-0.2, 0) is 11.3 Å². The topological polar surface area (TPSA) is 50.5 Å². The van der Waals surface area contributed by atoms with Crippen LogP contribution in [0, 0.1) is 0 Å². The van der Waals surface area contributed by atoms with Gasteiger partial charge in [-0.25, -0.2) is 0 Å². The molecule has 0 unspecified atom stereocenters. The Labute approximate surface area is 135 Å². The highest BCUT2D eigenvalue weighted by Gasteiger charge is 2.17. The number of morpholine rings is 1. The Balaban J connectivity index is 1.50. The Morgan fingerprint density at radius 3 is 2.95 bits per heavy atom. The van der Waals surface area contributed by atoms with Gasteiger partial charge in [-0.1, -0.05) is 28.9 Å². The summed E-state index contributed by atoms with van der Waals surface area (Å²) in [5.74, 6) is 0.814. The molecule has 0 amide bonds. The minimum Gasteiger partial charge on any atom is -0.374 e. The predicted molar refractivity (Wildman–Crippen MR) is 85.9 cm³/mol. The monoisotopic (exact) mass is 321 g/mol. The van der Waals surface area contributed by atoms with Crippen LogP contribution in [0.2, 0.25) is 5.02 Å². The van der Waals surface area contributed by atoms with Gasteiger partial charge in [-0.3, -0.25) is 0 Å². The molecule has 2 aromatic rings. The number of nitrogens with one attached hydrogen (secondary N) is 1. The number of rotatable bonds is 5. The van der Waals surface area contributed by atoms with Crippen LogP contribution < -0.4 is 5.32 Å². The second-order valence-electron chi connectivity index (χ2n) is 5.57. The average molecular weight is 322 g/mol. The Kier molecular flexibility index (Phi) is 5.10. The van der Waals surface area contributed by atoms with Crippen LogP contribution in [0.15, 0.2) is 34.9 Å². The molecule has 1 fully saturated rings. The molecule has 1 aliphatic rings. The third-order valence-electron chi connectivity index (χ3n) is 3.71. The standard InChI is InChI=1S/C16H20ClN3O2/c1-20-6-7-21-15(11-20)10-18-9-14-8-16(19-22-14)12-2-4-13(17)5-3-12/h2-5,8,15,18H,6-7,9-11H2,1H3/t15-/m1/s1. The molecule has 0 spiro atoms.